The molecule has 0 radical (unpaired) electrons. The average Bonchev–Trinajstić information content (AvgIpc) is 2.82. The zero-order valence-electron chi connectivity index (χ0n) is 13.4. The number of ether oxygens (including phenoxy) is 1. The van der Waals surface area contributed by atoms with Crippen LogP contribution in [-0.4, -0.2) is 21.9 Å². The summed E-state index contributed by atoms with van der Waals surface area (Å²) in [7, 11) is 0. The van der Waals surface area contributed by atoms with E-state index in [1.165, 1.54) is 18.2 Å². The molecule has 0 atom stereocenters. The van der Waals surface area contributed by atoms with Gasteiger partial charge in [0.05, 0.1) is 4.92 Å². The van der Waals surface area contributed by atoms with Gasteiger partial charge in [-0.15, -0.1) is 6.58 Å². The SMILES string of the molecule is C=CCn1c(C)cc(C(=O)COc2ccc(Cl)cc2[N+](=O)[O-])c1C. The lowest BCUT2D eigenvalue weighted by Gasteiger charge is -2.08. The van der Waals surface area contributed by atoms with Crippen molar-refractivity contribution in [3.8, 4) is 5.75 Å². The highest BCUT2D eigenvalue weighted by molar-refractivity contribution is 6.30. The molecule has 0 bridgehead atoms. The standard InChI is InChI=1S/C17H17ClN2O4/c1-4-7-19-11(2)8-14(12(19)3)16(21)10-24-17-6-5-13(18)9-15(17)20(22)23/h4-6,8-9H,1,7,10H2,2-3H3. The number of Topliss-reactive ketones (excluding diaryl/α,β-unsaturated/α-hetero) is 1. The van der Waals surface area contributed by atoms with Gasteiger partial charge in [0, 0.05) is 34.6 Å². The van der Waals surface area contributed by atoms with Crippen molar-refractivity contribution in [3.63, 3.8) is 0 Å². The second kappa shape index (κ2) is 7.31. The highest BCUT2D eigenvalue weighted by atomic mass is 35.5. The summed E-state index contributed by atoms with van der Waals surface area (Å²) in [4.78, 5) is 22.8. The van der Waals surface area contributed by atoms with Crippen LogP contribution in [0.1, 0.15) is 21.7 Å². The highest BCUT2D eigenvalue weighted by Gasteiger charge is 2.19. The van der Waals surface area contributed by atoms with E-state index in [2.05, 4.69) is 6.58 Å². The summed E-state index contributed by atoms with van der Waals surface area (Å²) < 4.78 is 7.32. The van der Waals surface area contributed by atoms with Crippen molar-refractivity contribution < 1.29 is 14.5 Å². The van der Waals surface area contributed by atoms with Gasteiger partial charge in [0.15, 0.2) is 12.4 Å². The molecule has 24 heavy (non-hydrogen) atoms. The van der Waals surface area contributed by atoms with Crippen molar-refractivity contribution in [2.75, 3.05) is 6.61 Å². The lowest BCUT2D eigenvalue weighted by molar-refractivity contribution is -0.385. The second-order valence-electron chi connectivity index (χ2n) is 5.27. The highest BCUT2D eigenvalue weighted by Crippen LogP contribution is 2.30. The molecule has 2 rings (SSSR count). The van der Waals surface area contributed by atoms with Crippen LogP contribution >= 0.6 is 11.6 Å². The Balaban J connectivity index is 2.19. The van der Waals surface area contributed by atoms with E-state index >= 15 is 0 Å². The number of nitrogens with zero attached hydrogens (tertiary/aromatic N) is 2. The van der Waals surface area contributed by atoms with Crippen LogP contribution in [0.3, 0.4) is 0 Å². The molecular formula is C17H17ClN2O4. The molecule has 1 aromatic heterocycles. The predicted molar refractivity (Wildman–Crippen MR) is 92.0 cm³/mol. The van der Waals surface area contributed by atoms with Gasteiger partial charge in [-0.2, -0.15) is 0 Å². The average molecular weight is 349 g/mol. The van der Waals surface area contributed by atoms with Crippen LogP contribution in [0.25, 0.3) is 0 Å². The predicted octanol–water partition coefficient (Wildman–Crippen LogP) is 4.11. The van der Waals surface area contributed by atoms with E-state index < -0.39 is 4.92 Å². The molecule has 0 amide bonds. The monoisotopic (exact) mass is 348 g/mol. The van der Waals surface area contributed by atoms with E-state index in [-0.39, 0.29) is 28.8 Å². The van der Waals surface area contributed by atoms with Crippen LogP contribution in [0.4, 0.5) is 5.69 Å². The number of carbonyl (C=O) groups excluding carboxylic acids is 1. The number of ketones is 1. The number of benzene rings is 1. The molecule has 7 heteroatoms. The minimum Gasteiger partial charge on any atom is -0.478 e. The van der Waals surface area contributed by atoms with Gasteiger partial charge in [-0.05, 0) is 32.0 Å². The van der Waals surface area contributed by atoms with Crippen molar-refractivity contribution in [3.05, 3.63) is 69.0 Å². The molecule has 0 unspecified atom stereocenters. The minimum absolute atomic E-state index is 0.0117. The first-order chi connectivity index (χ1) is 11.3. The third-order valence-electron chi connectivity index (χ3n) is 3.66. The Kier molecular flexibility index (Phi) is 5.41. The number of allylic oxidation sites excluding steroid dienone is 1. The van der Waals surface area contributed by atoms with Crippen molar-refractivity contribution in [1.82, 2.24) is 4.57 Å². The summed E-state index contributed by atoms with van der Waals surface area (Å²) in [6, 6.07) is 5.83. The molecule has 1 heterocycles. The second-order valence-corrected chi connectivity index (χ2v) is 5.70. The molecule has 0 saturated carbocycles. The number of hydrogen-bond acceptors (Lipinski definition) is 4. The van der Waals surface area contributed by atoms with E-state index in [1.807, 2.05) is 18.4 Å². The number of rotatable bonds is 7. The van der Waals surface area contributed by atoms with E-state index in [0.29, 0.717) is 12.1 Å². The maximum absolute atomic E-state index is 12.4. The van der Waals surface area contributed by atoms with E-state index in [0.717, 1.165) is 11.4 Å². The van der Waals surface area contributed by atoms with Crippen LogP contribution in [0, 0.1) is 24.0 Å². The Hall–Kier alpha value is -2.60. The maximum atomic E-state index is 12.4. The third kappa shape index (κ3) is 3.65. The Morgan fingerprint density at radius 3 is 2.75 bits per heavy atom. The minimum atomic E-state index is -0.596. The van der Waals surface area contributed by atoms with Crippen LogP contribution < -0.4 is 4.74 Å². The van der Waals surface area contributed by atoms with Crippen molar-refractivity contribution >= 4 is 23.1 Å². The number of nitro groups is 1. The van der Waals surface area contributed by atoms with Crippen molar-refractivity contribution in [2.45, 2.75) is 20.4 Å². The van der Waals surface area contributed by atoms with Crippen molar-refractivity contribution in [1.29, 1.82) is 0 Å². The number of nitro benzene ring substituents is 1. The summed E-state index contributed by atoms with van der Waals surface area (Å²) in [5.74, 6) is -0.236. The topological polar surface area (TPSA) is 74.4 Å². The normalized spacial score (nSPS) is 10.5. The first-order valence-corrected chi connectivity index (χ1v) is 7.60. The smallest absolute Gasteiger partial charge is 0.312 e. The van der Waals surface area contributed by atoms with Gasteiger partial charge in [0.2, 0.25) is 5.78 Å². The molecular weight excluding hydrogens is 332 g/mol. The number of aryl methyl sites for hydroxylation is 1. The molecule has 0 aliphatic carbocycles. The molecule has 0 aliphatic rings. The molecule has 126 valence electrons. The quantitative estimate of drug-likeness (QED) is 0.326. The molecule has 0 aliphatic heterocycles. The van der Waals surface area contributed by atoms with Crippen LogP contribution in [0.2, 0.25) is 5.02 Å². The molecule has 6 nitrogen and oxygen atoms in total. The number of halogens is 1. The molecule has 0 spiro atoms. The lowest BCUT2D eigenvalue weighted by Crippen LogP contribution is -2.13. The van der Waals surface area contributed by atoms with E-state index in [1.54, 1.807) is 12.1 Å². The summed E-state index contributed by atoms with van der Waals surface area (Å²) >= 11 is 5.75. The third-order valence-corrected chi connectivity index (χ3v) is 3.90. The fraction of sp³-hybridized carbons (Fsp3) is 0.235. The van der Waals surface area contributed by atoms with Gasteiger partial charge < -0.3 is 9.30 Å². The molecule has 2 aromatic rings. The summed E-state index contributed by atoms with van der Waals surface area (Å²) in [6.07, 6.45) is 1.75. The molecule has 1 aromatic carbocycles. The summed E-state index contributed by atoms with van der Waals surface area (Å²) in [5, 5.41) is 11.3. The Labute approximate surface area is 144 Å². The van der Waals surface area contributed by atoms with Gasteiger partial charge in [0.1, 0.15) is 0 Å². The molecule has 0 fully saturated rings. The maximum Gasteiger partial charge on any atom is 0.312 e. The van der Waals surface area contributed by atoms with Gasteiger partial charge >= 0.3 is 5.69 Å². The molecule has 0 saturated heterocycles. The number of hydrogen-bond donors (Lipinski definition) is 0. The fourth-order valence-electron chi connectivity index (χ4n) is 2.47. The van der Waals surface area contributed by atoms with E-state index in [9.17, 15) is 14.9 Å². The first-order valence-electron chi connectivity index (χ1n) is 7.22. The zero-order valence-corrected chi connectivity index (χ0v) is 14.2. The Morgan fingerprint density at radius 2 is 2.12 bits per heavy atom. The summed E-state index contributed by atoms with van der Waals surface area (Å²) in [5.41, 5.74) is 2.01. The van der Waals surface area contributed by atoms with Crippen molar-refractivity contribution in [2.24, 2.45) is 0 Å². The first kappa shape index (κ1) is 17.7. The van der Waals surface area contributed by atoms with Gasteiger partial charge in [0.25, 0.3) is 0 Å². The lowest BCUT2D eigenvalue weighted by atomic mass is 10.1. The summed E-state index contributed by atoms with van der Waals surface area (Å²) in [6.45, 7) is 7.75. The van der Waals surface area contributed by atoms with Gasteiger partial charge in [-0.25, -0.2) is 0 Å². The largest absolute Gasteiger partial charge is 0.478 e. The van der Waals surface area contributed by atoms with Crippen LogP contribution in [0.15, 0.2) is 36.9 Å². The zero-order chi connectivity index (χ0) is 17.9. The number of carbonyl (C=O) groups is 1. The Bertz CT molecular complexity index is 811. The Morgan fingerprint density at radius 1 is 1.42 bits per heavy atom. The van der Waals surface area contributed by atoms with Gasteiger partial charge in [-0.1, -0.05) is 17.7 Å². The fourth-order valence-corrected chi connectivity index (χ4v) is 2.64. The number of aromatic nitrogens is 1. The molecule has 0 N–H and O–H groups in total. The van der Waals surface area contributed by atoms with E-state index in [4.69, 9.17) is 16.3 Å². The van der Waals surface area contributed by atoms with Crippen LogP contribution in [0.5, 0.6) is 5.75 Å². The van der Waals surface area contributed by atoms with Crippen LogP contribution in [-0.2, 0) is 6.54 Å². The van der Waals surface area contributed by atoms with Gasteiger partial charge in [-0.3, -0.25) is 14.9 Å².